The molecule has 1 atom stereocenters. The Morgan fingerprint density at radius 1 is 1.16 bits per heavy atom. The minimum absolute atomic E-state index is 0. The van der Waals surface area contributed by atoms with Gasteiger partial charge in [-0.05, 0) is 49.4 Å². The molecule has 1 amide bonds. The highest BCUT2D eigenvalue weighted by molar-refractivity contribution is 6.30. The molecule has 2 rings (SSSR count). The summed E-state index contributed by atoms with van der Waals surface area (Å²) in [6, 6.07) is 15.4. The van der Waals surface area contributed by atoms with E-state index in [0.29, 0.717) is 24.6 Å². The number of benzene rings is 2. The Morgan fingerprint density at radius 2 is 1.88 bits per heavy atom. The van der Waals surface area contributed by atoms with Crippen molar-refractivity contribution in [2.24, 2.45) is 0 Å². The van der Waals surface area contributed by atoms with Gasteiger partial charge in [-0.15, -0.1) is 12.4 Å². The highest BCUT2D eigenvalue weighted by Crippen LogP contribution is 2.16. The molecule has 2 N–H and O–H groups in total. The summed E-state index contributed by atoms with van der Waals surface area (Å²) in [5.41, 5.74) is 1.97. The number of hydrogen-bond acceptors (Lipinski definition) is 3. The van der Waals surface area contributed by atoms with Crippen LogP contribution in [0, 0.1) is 0 Å². The lowest BCUT2D eigenvalue weighted by molar-refractivity contribution is -0.120. The summed E-state index contributed by atoms with van der Waals surface area (Å²) in [5.74, 6) is 0.755. The van der Waals surface area contributed by atoms with Crippen LogP contribution >= 0.6 is 24.0 Å². The third-order valence-corrected chi connectivity index (χ3v) is 3.93. The van der Waals surface area contributed by atoms with Crippen molar-refractivity contribution >= 4 is 29.9 Å². The van der Waals surface area contributed by atoms with Crippen molar-refractivity contribution in [3.63, 3.8) is 0 Å². The van der Waals surface area contributed by atoms with Gasteiger partial charge in [0.05, 0.1) is 6.42 Å². The van der Waals surface area contributed by atoms with Gasteiger partial charge in [-0.3, -0.25) is 4.79 Å². The van der Waals surface area contributed by atoms with Crippen LogP contribution < -0.4 is 15.4 Å². The van der Waals surface area contributed by atoms with Crippen LogP contribution in [-0.4, -0.2) is 25.5 Å². The molecule has 0 heterocycles. The Labute approximate surface area is 160 Å². The number of amides is 1. The highest BCUT2D eigenvalue weighted by Gasteiger charge is 2.06. The second-order valence-electron chi connectivity index (χ2n) is 5.73. The van der Waals surface area contributed by atoms with Crippen molar-refractivity contribution in [2.75, 3.05) is 13.6 Å². The summed E-state index contributed by atoms with van der Waals surface area (Å²) in [6.07, 6.45) is 0.342. The molecule has 0 radical (unpaired) electrons. The third kappa shape index (κ3) is 7.78. The number of halogens is 2. The van der Waals surface area contributed by atoms with E-state index in [-0.39, 0.29) is 24.4 Å². The van der Waals surface area contributed by atoms with E-state index < -0.39 is 0 Å². The average molecular weight is 383 g/mol. The van der Waals surface area contributed by atoms with E-state index in [9.17, 15) is 4.79 Å². The molecule has 0 aliphatic rings. The van der Waals surface area contributed by atoms with Crippen molar-refractivity contribution in [1.29, 1.82) is 0 Å². The van der Waals surface area contributed by atoms with Crippen LogP contribution in [0.15, 0.2) is 48.5 Å². The SMILES string of the molecule is CNC(C)CNC(=O)Cc1cccc(OCc2ccc(Cl)cc2)c1.Cl. The maximum Gasteiger partial charge on any atom is 0.224 e. The predicted octanol–water partition coefficient (Wildman–Crippen LogP) is 3.61. The van der Waals surface area contributed by atoms with Crippen molar-refractivity contribution in [2.45, 2.75) is 26.0 Å². The summed E-state index contributed by atoms with van der Waals surface area (Å²) in [5, 5.41) is 6.70. The van der Waals surface area contributed by atoms with E-state index >= 15 is 0 Å². The molecule has 4 nitrogen and oxygen atoms in total. The molecule has 0 aliphatic heterocycles. The summed E-state index contributed by atoms with van der Waals surface area (Å²) in [7, 11) is 1.87. The largest absolute Gasteiger partial charge is 0.489 e. The van der Waals surface area contributed by atoms with Gasteiger partial charge in [-0.2, -0.15) is 0 Å². The first-order valence-electron chi connectivity index (χ1n) is 7.97. The van der Waals surface area contributed by atoms with Gasteiger partial charge in [-0.25, -0.2) is 0 Å². The molecule has 0 saturated heterocycles. The average Bonchev–Trinajstić information content (AvgIpc) is 2.59. The lowest BCUT2D eigenvalue weighted by atomic mass is 10.1. The zero-order valence-electron chi connectivity index (χ0n) is 14.4. The number of likely N-dealkylation sites (N-methyl/N-ethyl adjacent to an activating group) is 1. The molecule has 0 saturated carbocycles. The first-order valence-corrected chi connectivity index (χ1v) is 8.35. The highest BCUT2D eigenvalue weighted by atomic mass is 35.5. The number of ether oxygens (including phenoxy) is 1. The fourth-order valence-electron chi connectivity index (χ4n) is 2.11. The van der Waals surface area contributed by atoms with Gasteiger partial charge in [0, 0.05) is 17.6 Å². The molecular formula is C19H24Cl2N2O2. The summed E-state index contributed by atoms with van der Waals surface area (Å²) < 4.78 is 5.78. The van der Waals surface area contributed by atoms with E-state index in [1.807, 2.05) is 62.5 Å². The van der Waals surface area contributed by atoms with Crippen LogP contribution in [0.1, 0.15) is 18.1 Å². The van der Waals surface area contributed by atoms with E-state index in [1.54, 1.807) is 0 Å². The quantitative estimate of drug-likeness (QED) is 0.732. The maximum absolute atomic E-state index is 12.0. The molecule has 2 aromatic carbocycles. The molecule has 0 spiro atoms. The zero-order chi connectivity index (χ0) is 17.4. The van der Waals surface area contributed by atoms with Gasteiger partial charge < -0.3 is 15.4 Å². The zero-order valence-corrected chi connectivity index (χ0v) is 16.0. The Kier molecular flexibility index (Phi) is 9.35. The minimum atomic E-state index is 0. The van der Waals surface area contributed by atoms with Crippen LogP contribution in [0.2, 0.25) is 5.02 Å². The first-order chi connectivity index (χ1) is 11.6. The lowest BCUT2D eigenvalue weighted by Gasteiger charge is -2.12. The molecular weight excluding hydrogens is 359 g/mol. The van der Waals surface area contributed by atoms with Gasteiger partial charge in [0.1, 0.15) is 12.4 Å². The molecule has 0 fully saturated rings. The minimum Gasteiger partial charge on any atom is -0.489 e. The van der Waals surface area contributed by atoms with E-state index in [0.717, 1.165) is 16.9 Å². The number of carbonyl (C=O) groups excluding carboxylic acids is 1. The second-order valence-corrected chi connectivity index (χ2v) is 6.17. The number of hydrogen-bond donors (Lipinski definition) is 2. The molecule has 2 aromatic rings. The maximum atomic E-state index is 12.0. The van der Waals surface area contributed by atoms with E-state index in [2.05, 4.69) is 10.6 Å². The molecule has 25 heavy (non-hydrogen) atoms. The molecule has 6 heteroatoms. The van der Waals surface area contributed by atoms with Gasteiger partial charge in [-0.1, -0.05) is 35.9 Å². The predicted molar refractivity (Wildman–Crippen MR) is 105 cm³/mol. The lowest BCUT2D eigenvalue weighted by Crippen LogP contribution is -2.37. The number of rotatable bonds is 8. The molecule has 0 aliphatic carbocycles. The van der Waals surface area contributed by atoms with Crippen LogP contribution in [-0.2, 0) is 17.8 Å². The first kappa shape index (κ1) is 21.3. The van der Waals surface area contributed by atoms with E-state index in [4.69, 9.17) is 16.3 Å². The number of carbonyl (C=O) groups is 1. The molecule has 1 unspecified atom stereocenters. The summed E-state index contributed by atoms with van der Waals surface area (Å²) in [4.78, 5) is 12.0. The van der Waals surface area contributed by atoms with Crippen LogP contribution in [0.5, 0.6) is 5.75 Å². The number of nitrogens with one attached hydrogen (secondary N) is 2. The van der Waals surface area contributed by atoms with Gasteiger partial charge in [0.2, 0.25) is 5.91 Å². The van der Waals surface area contributed by atoms with Crippen LogP contribution in [0.3, 0.4) is 0 Å². The Hall–Kier alpha value is -1.75. The van der Waals surface area contributed by atoms with Gasteiger partial charge in [0.15, 0.2) is 0 Å². The Balaban J connectivity index is 0.00000312. The molecule has 0 bridgehead atoms. The smallest absolute Gasteiger partial charge is 0.224 e. The summed E-state index contributed by atoms with van der Waals surface area (Å²) >= 11 is 5.87. The Morgan fingerprint density at radius 3 is 2.56 bits per heavy atom. The van der Waals surface area contributed by atoms with Crippen molar-refractivity contribution in [1.82, 2.24) is 10.6 Å². The van der Waals surface area contributed by atoms with Crippen molar-refractivity contribution < 1.29 is 9.53 Å². The fraction of sp³-hybridized carbons (Fsp3) is 0.316. The van der Waals surface area contributed by atoms with Gasteiger partial charge in [0.25, 0.3) is 0 Å². The van der Waals surface area contributed by atoms with Crippen LogP contribution in [0.25, 0.3) is 0 Å². The molecule has 0 aromatic heterocycles. The van der Waals surface area contributed by atoms with Gasteiger partial charge >= 0.3 is 0 Å². The van der Waals surface area contributed by atoms with Crippen LogP contribution in [0.4, 0.5) is 0 Å². The standard InChI is InChI=1S/C19H23ClN2O2.ClH/c1-14(21-2)12-22-19(23)11-16-4-3-5-18(10-16)24-13-15-6-8-17(20)9-7-15;/h3-10,14,21H,11-13H2,1-2H3,(H,22,23);1H. The monoisotopic (exact) mass is 382 g/mol. The molecule has 136 valence electrons. The van der Waals surface area contributed by atoms with Crippen molar-refractivity contribution in [3.8, 4) is 5.75 Å². The van der Waals surface area contributed by atoms with E-state index in [1.165, 1.54) is 0 Å². The third-order valence-electron chi connectivity index (χ3n) is 3.68. The fourth-order valence-corrected chi connectivity index (χ4v) is 2.24. The topological polar surface area (TPSA) is 50.4 Å². The summed E-state index contributed by atoms with van der Waals surface area (Å²) in [6.45, 7) is 3.10. The Bertz CT molecular complexity index is 663. The normalized spacial score (nSPS) is 11.3. The van der Waals surface area contributed by atoms with Crippen molar-refractivity contribution in [3.05, 3.63) is 64.7 Å². The second kappa shape index (κ2) is 11.0.